The van der Waals surface area contributed by atoms with Crippen molar-refractivity contribution in [3.05, 3.63) is 59.0 Å². The zero-order valence-corrected chi connectivity index (χ0v) is 13.6. The van der Waals surface area contributed by atoms with E-state index in [1.807, 2.05) is 30.3 Å². The lowest BCUT2D eigenvalue weighted by atomic mass is 10.2. The third-order valence-corrected chi connectivity index (χ3v) is 3.66. The molecule has 3 rings (SSSR count). The molecule has 1 N–H and O–H groups in total. The lowest BCUT2D eigenvalue weighted by Gasteiger charge is -2.13. The summed E-state index contributed by atoms with van der Waals surface area (Å²) < 4.78 is 43.1. The first-order chi connectivity index (χ1) is 11.8. The largest absolute Gasteiger partial charge is 0.417 e. The fraction of sp³-hybridized carbons (Fsp3) is 0.188. The number of nitrogens with zero attached hydrogens (tertiary/aromatic N) is 3. The predicted molar refractivity (Wildman–Crippen MR) is 86.0 cm³/mol. The third-order valence-electron chi connectivity index (χ3n) is 3.37. The van der Waals surface area contributed by atoms with Gasteiger partial charge < -0.3 is 9.84 Å². The molecule has 0 saturated heterocycles. The number of benzene rings is 1. The van der Waals surface area contributed by atoms with Crippen LogP contribution >= 0.6 is 11.6 Å². The summed E-state index contributed by atoms with van der Waals surface area (Å²) in [4.78, 5) is 8.00. The van der Waals surface area contributed by atoms with Crippen LogP contribution in [-0.4, -0.2) is 15.1 Å². The highest BCUT2D eigenvalue weighted by molar-refractivity contribution is 6.33. The van der Waals surface area contributed by atoms with E-state index in [2.05, 4.69) is 20.4 Å². The van der Waals surface area contributed by atoms with Crippen LogP contribution in [0.2, 0.25) is 5.02 Å². The van der Waals surface area contributed by atoms with Crippen molar-refractivity contribution >= 4 is 17.4 Å². The minimum absolute atomic E-state index is 0.105. The normalized spacial score (nSPS) is 12.8. The van der Waals surface area contributed by atoms with Crippen LogP contribution in [0, 0.1) is 0 Å². The minimum Gasteiger partial charge on any atom is -0.359 e. The second kappa shape index (κ2) is 6.72. The van der Waals surface area contributed by atoms with Crippen LogP contribution in [-0.2, 0) is 6.18 Å². The van der Waals surface area contributed by atoms with E-state index in [1.165, 1.54) is 0 Å². The molecule has 0 radical (unpaired) electrons. The Labute approximate surface area is 145 Å². The van der Waals surface area contributed by atoms with Gasteiger partial charge in [-0.05, 0) is 25.1 Å². The number of halogens is 4. The maximum Gasteiger partial charge on any atom is 0.417 e. The SMILES string of the molecule is CC(Nc1ncc(C(F)(F)F)cc1Cl)c1noc(-c2ccccc2)n1. The number of rotatable bonds is 4. The Morgan fingerprint density at radius 1 is 1.20 bits per heavy atom. The second-order valence-corrected chi connectivity index (χ2v) is 5.65. The first-order valence-electron chi connectivity index (χ1n) is 7.23. The van der Waals surface area contributed by atoms with Crippen LogP contribution in [0.1, 0.15) is 24.4 Å². The molecule has 1 unspecified atom stereocenters. The van der Waals surface area contributed by atoms with E-state index >= 15 is 0 Å². The quantitative estimate of drug-likeness (QED) is 0.703. The lowest BCUT2D eigenvalue weighted by Crippen LogP contribution is -2.11. The third kappa shape index (κ3) is 3.90. The highest BCUT2D eigenvalue weighted by Crippen LogP contribution is 2.33. The van der Waals surface area contributed by atoms with Crippen molar-refractivity contribution in [3.63, 3.8) is 0 Å². The van der Waals surface area contributed by atoms with Gasteiger partial charge in [0.25, 0.3) is 5.89 Å². The van der Waals surface area contributed by atoms with E-state index < -0.39 is 17.8 Å². The Hall–Kier alpha value is -2.61. The van der Waals surface area contributed by atoms with Crippen molar-refractivity contribution < 1.29 is 17.7 Å². The van der Waals surface area contributed by atoms with Gasteiger partial charge in [-0.1, -0.05) is 35.0 Å². The molecule has 2 aromatic heterocycles. The average Bonchev–Trinajstić information content (AvgIpc) is 3.07. The minimum atomic E-state index is -4.50. The zero-order chi connectivity index (χ0) is 18.0. The van der Waals surface area contributed by atoms with Crippen LogP contribution in [0.4, 0.5) is 19.0 Å². The van der Waals surface area contributed by atoms with Gasteiger partial charge in [0, 0.05) is 11.8 Å². The predicted octanol–water partition coefficient (Wildman–Crippen LogP) is 4.98. The van der Waals surface area contributed by atoms with E-state index in [4.69, 9.17) is 16.1 Å². The zero-order valence-electron chi connectivity index (χ0n) is 12.9. The van der Waals surface area contributed by atoms with E-state index in [9.17, 15) is 13.2 Å². The molecule has 5 nitrogen and oxygen atoms in total. The fourth-order valence-corrected chi connectivity index (χ4v) is 2.30. The highest BCUT2D eigenvalue weighted by atomic mass is 35.5. The molecule has 1 aromatic carbocycles. The molecule has 0 aliphatic rings. The first kappa shape index (κ1) is 17.2. The topological polar surface area (TPSA) is 63.8 Å². The Kier molecular flexibility index (Phi) is 4.63. The molecule has 0 aliphatic heterocycles. The van der Waals surface area contributed by atoms with Crippen molar-refractivity contribution in [2.24, 2.45) is 0 Å². The Bertz CT molecular complexity index is 867. The number of anilines is 1. The molecule has 0 bridgehead atoms. The maximum absolute atomic E-state index is 12.6. The van der Waals surface area contributed by atoms with Gasteiger partial charge in [0.1, 0.15) is 5.82 Å². The van der Waals surface area contributed by atoms with Gasteiger partial charge >= 0.3 is 6.18 Å². The Morgan fingerprint density at radius 2 is 1.92 bits per heavy atom. The van der Waals surface area contributed by atoms with E-state index in [0.717, 1.165) is 11.6 Å². The molecule has 3 aromatic rings. The van der Waals surface area contributed by atoms with Gasteiger partial charge in [-0.3, -0.25) is 0 Å². The summed E-state index contributed by atoms with van der Waals surface area (Å²) in [5, 5.41) is 6.61. The number of alkyl halides is 3. The van der Waals surface area contributed by atoms with E-state index in [1.54, 1.807) is 6.92 Å². The molecule has 0 spiro atoms. The number of pyridine rings is 1. The molecule has 0 aliphatic carbocycles. The van der Waals surface area contributed by atoms with Crippen molar-refractivity contribution in [2.75, 3.05) is 5.32 Å². The van der Waals surface area contributed by atoms with Gasteiger partial charge in [0.2, 0.25) is 0 Å². The molecule has 0 fully saturated rings. The lowest BCUT2D eigenvalue weighted by molar-refractivity contribution is -0.137. The summed E-state index contributed by atoms with van der Waals surface area (Å²) in [7, 11) is 0. The Balaban J connectivity index is 1.77. The van der Waals surface area contributed by atoms with E-state index in [-0.39, 0.29) is 10.8 Å². The highest BCUT2D eigenvalue weighted by Gasteiger charge is 2.31. The maximum atomic E-state index is 12.6. The van der Waals surface area contributed by atoms with Crippen molar-refractivity contribution in [3.8, 4) is 11.5 Å². The summed E-state index contributed by atoms with van der Waals surface area (Å²) in [6.07, 6.45) is -3.79. The first-order valence-corrected chi connectivity index (χ1v) is 7.60. The molecule has 2 heterocycles. The fourth-order valence-electron chi connectivity index (χ4n) is 2.08. The van der Waals surface area contributed by atoms with Crippen LogP contribution in [0.25, 0.3) is 11.5 Å². The van der Waals surface area contributed by atoms with Crippen LogP contribution in [0.3, 0.4) is 0 Å². The Morgan fingerprint density at radius 3 is 2.56 bits per heavy atom. The van der Waals surface area contributed by atoms with Gasteiger partial charge in [-0.25, -0.2) is 4.98 Å². The van der Waals surface area contributed by atoms with Gasteiger partial charge in [-0.2, -0.15) is 18.2 Å². The number of aromatic nitrogens is 3. The smallest absolute Gasteiger partial charge is 0.359 e. The molecule has 0 saturated carbocycles. The summed E-state index contributed by atoms with van der Waals surface area (Å²) in [6.45, 7) is 1.72. The van der Waals surface area contributed by atoms with Gasteiger partial charge in [0.15, 0.2) is 5.82 Å². The summed E-state index contributed by atoms with van der Waals surface area (Å²) in [6, 6.07) is 9.54. The molecule has 1 atom stereocenters. The molecular formula is C16H12ClF3N4O. The van der Waals surface area contributed by atoms with Crippen LogP contribution in [0.5, 0.6) is 0 Å². The summed E-state index contributed by atoms with van der Waals surface area (Å²) in [5.74, 6) is 0.778. The van der Waals surface area contributed by atoms with Crippen LogP contribution < -0.4 is 5.32 Å². The molecule has 25 heavy (non-hydrogen) atoms. The van der Waals surface area contributed by atoms with Gasteiger partial charge in [0.05, 0.1) is 16.6 Å². The monoisotopic (exact) mass is 368 g/mol. The summed E-state index contributed by atoms with van der Waals surface area (Å²) >= 11 is 5.88. The number of nitrogens with one attached hydrogen (secondary N) is 1. The van der Waals surface area contributed by atoms with E-state index in [0.29, 0.717) is 17.9 Å². The second-order valence-electron chi connectivity index (χ2n) is 5.24. The molecule has 130 valence electrons. The number of hydrogen-bond donors (Lipinski definition) is 1. The van der Waals surface area contributed by atoms with Crippen molar-refractivity contribution in [2.45, 2.75) is 19.1 Å². The number of hydrogen-bond acceptors (Lipinski definition) is 5. The van der Waals surface area contributed by atoms with Crippen LogP contribution in [0.15, 0.2) is 47.1 Å². The van der Waals surface area contributed by atoms with Gasteiger partial charge in [-0.15, -0.1) is 0 Å². The summed E-state index contributed by atoms with van der Waals surface area (Å²) in [5.41, 5.74) is -0.152. The van der Waals surface area contributed by atoms with Crippen molar-refractivity contribution in [1.82, 2.24) is 15.1 Å². The molecule has 9 heteroatoms. The molecule has 0 amide bonds. The molecular weight excluding hydrogens is 357 g/mol. The average molecular weight is 369 g/mol. The standard InChI is InChI=1S/C16H12ClF3N4O/c1-9(13-23-15(25-24-13)10-5-3-2-4-6-10)22-14-12(17)7-11(8-21-14)16(18,19)20/h2-9H,1H3,(H,21,22). The van der Waals surface area contributed by atoms with Crippen molar-refractivity contribution in [1.29, 1.82) is 0 Å².